The fourth-order valence-corrected chi connectivity index (χ4v) is 4.73. The van der Waals surface area contributed by atoms with Crippen molar-refractivity contribution in [1.82, 2.24) is 14.8 Å². The number of sulfonamides is 1. The van der Waals surface area contributed by atoms with Crippen molar-refractivity contribution in [3.05, 3.63) is 64.6 Å². The summed E-state index contributed by atoms with van der Waals surface area (Å²) in [5.74, 6) is -3.68. The van der Waals surface area contributed by atoms with Crippen LogP contribution in [0.1, 0.15) is 39.8 Å². The number of hydrogen-bond acceptors (Lipinski definition) is 7. The molecule has 3 aromatic rings. The number of aromatic carboxylic acids is 1. The fourth-order valence-electron chi connectivity index (χ4n) is 3.70. The molecule has 0 atom stereocenters. The van der Waals surface area contributed by atoms with E-state index >= 15 is 0 Å². The number of carboxylic acid groups (broad SMARTS) is 2. The molecule has 0 aliphatic heterocycles. The number of alkyl halides is 3. The van der Waals surface area contributed by atoms with Gasteiger partial charge in [-0.25, -0.2) is 23.0 Å². The number of likely N-dealkylation sites (N-methyl/N-ethyl adjacent to an activating group) is 1. The average Bonchev–Trinajstić information content (AvgIpc) is 3.14. The number of halogens is 3. The monoisotopic (exact) mass is 585 g/mol. The van der Waals surface area contributed by atoms with Gasteiger partial charge in [0.1, 0.15) is 11.4 Å². The summed E-state index contributed by atoms with van der Waals surface area (Å²) in [6, 6.07) is 7.67. The quantitative estimate of drug-likeness (QED) is 0.338. The molecule has 11 nitrogen and oxygen atoms in total. The van der Waals surface area contributed by atoms with Crippen LogP contribution < -0.4 is 9.62 Å². The van der Waals surface area contributed by atoms with Gasteiger partial charge in [0, 0.05) is 25.8 Å². The number of carboxylic acids is 2. The minimum Gasteiger partial charge on any atom is -0.478 e. The predicted octanol–water partition coefficient (Wildman–Crippen LogP) is 4.03. The van der Waals surface area contributed by atoms with E-state index in [1.165, 1.54) is 24.4 Å². The Labute approximate surface area is 229 Å². The van der Waals surface area contributed by atoms with E-state index in [-0.39, 0.29) is 22.0 Å². The van der Waals surface area contributed by atoms with Gasteiger partial charge in [0.15, 0.2) is 0 Å². The van der Waals surface area contributed by atoms with E-state index in [2.05, 4.69) is 14.8 Å². The van der Waals surface area contributed by atoms with Gasteiger partial charge < -0.3 is 15.1 Å². The average molecular weight is 586 g/mol. The van der Waals surface area contributed by atoms with E-state index < -0.39 is 28.1 Å². The third kappa shape index (κ3) is 8.18. The highest BCUT2D eigenvalue weighted by molar-refractivity contribution is 7.92. The van der Waals surface area contributed by atoms with Crippen LogP contribution in [0.25, 0.3) is 0 Å². The number of aromatic nitrogens is 3. The Kier molecular flexibility index (Phi) is 10.3. The zero-order valence-electron chi connectivity index (χ0n) is 22.4. The lowest BCUT2D eigenvalue weighted by Gasteiger charge is -2.21. The van der Waals surface area contributed by atoms with Crippen LogP contribution in [0.3, 0.4) is 0 Å². The maximum atomic E-state index is 12.7. The van der Waals surface area contributed by atoms with Gasteiger partial charge in [-0.15, -0.1) is 0 Å². The number of nitrogens with one attached hydrogen (secondary N) is 1. The van der Waals surface area contributed by atoms with Crippen molar-refractivity contribution < 1.29 is 41.4 Å². The molecule has 0 saturated carbocycles. The molecule has 0 aliphatic rings. The molecule has 40 heavy (non-hydrogen) atoms. The summed E-state index contributed by atoms with van der Waals surface area (Å²) in [5.41, 5.74) is 4.11. The molecule has 0 amide bonds. The Morgan fingerprint density at radius 1 is 1.10 bits per heavy atom. The van der Waals surface area contributed by atoms with Crippen LogP contribution in [0.4, 0.5) is 24.7 Å². The van der Waals surface area contributed by atoms with Crippen molar-refractivity contribution in [2.24, 2.45) is 0 Å². The molecule has 0 fully saturated rings. The molecular formula is C25H30F3N5O6S. The predicted molar refractivity (Wildman–Crippen MR) is 141 cm³/mol. The highest BCUT2D eigenvalue weighted by Crippen LogP contribution is 2.24. The van der Waals surface area contributed by atoms with Crippen LogP contribution in [0.2, 0.25) is 0 Å². The molecule has 0 saturated heterocycles. The number of rotatable bonds is 9. The number of hydrogen-bond donors (Lipinski definition) is 3. The topological polar surface area (TPSA) is 155 Å². The van der Waals surface area contributed by atoms with E-state index in [9.17, 15) is 31.5 Å². The number of aliphatic carboxylic acids is 1. The molecule has 0 bridgehead atoms. The van der Waals surface area contributed by atoms with Crippen molar-refractivity contribution in [2.75, 3.05) is 23.2 Å². The molecule has 3 rings (SSSR count). The van der Waals surface area contributed by atoms with E-state index in [0.717, 1.165) is 29.1 Å². The maximum Gasteiger partial charge on any atom is 0.490 e. The van der Waals surface area contributed by atoms with Crippen LogP contribution in [0.15, 0.2) is 41.4 Å². The molecule has 2 heterocycles. The molecular weight excluding hydrogens is 555 g/mol. The van der Waals surface area contributed by atoms with Crippen molar-refractivity contribution in [2.45, 2.75) is 51.7 Å². The molecule has 0 radical (unpaired) electrons. The SMILES string of the molecule is CCn1nc(C)c(CCN(C)c2ncc(NS(=O)(=O)c3ccc(C)cc3)cc2C(=O)O)c1C.O=C(O)C(F)(F)F. The third-order valence-electron chi connectivity index (χ3n) is 5.81. The second-order valence-electron chi connectivity index (χ2n) is 8.76. The van der Waals surface area contributed by atoms with Crippen LogP contribution in [-0.4, -0.2) is 65.1 Å². The first kappa shape index (κ1) is 32.1. The Morgan fingerprint density at radius 3 is 2.15 bits per heavy atom. The van der Waals surface area contributed by atoms with Gasteiger partial charge in [-0.3, -0.25) is 9.40 Å². The number of aryl methyl sites for hydroxylation is 3. The van der Waals surface area contributed by atoms with Crippen molar-refractivity contribution >= 4 is 33.5 Å². The number of nitrogens with zero attached hydrogens (tertiary/aromatic N) is 4. The summed E-state index contributed by atoms with van der Waals surface area (Å²) in [4.78, 5) is 26.9. The Hall–Kier alpha value is -4.14. The summed E-state index contributed by atoms with van der Waals surface area (Å²) in [6.07, 6.45) is -3.08. The lowest BCUT2D eigenvalue weighted by Crippen LogP contribution is -2.24. The Balaban J connectivity index is 0.000000708. The number of carbonyl (C=O) groups is 2. The lowest BCUT2D eigenvalue weighted by atomic mass is 10.1. The summed E-state index contributed by atoms with van der Waals surface area (Å²) < 4.78 is 61.4. The van der Waals surface area contributed by atoms with Crippen LogP contribution in [-0.2, 0) is 27.8 Å². The summed E-state index contributed by atoms with van der Waals surface area (Å²) in [6.45, 7) is 9.19. The van der Waals surface area contributed by atoms with Gasteiger partial charge in [-0.05, 0) is 57.9 Å². The minimum absolute atomic E-state index is 0.0840. The molecule has 218 valence electrons. The Morgan fingerprint density at radius 2 is 1.68 bits per heavy atom. The number of benzene rings is 1. The molecule has 15 heteroatoms. The van der Waals surface area contributed by atoms with Crippen molar-refractivity contribution in [3.63, 3.8) is 0 Å². The molecule has 0 unspecified atom stereocenters. The van der Waals surface area contributed by atoms with Crippen molar-refractivity contribution in [3.8, 4) is 0 Å². The second-order valence-corrected chi connectivity index (χ2v) is 10.4. The van der Waals surface area contributed by atoms with E-state index in [4.69, 9.17) is 9.90 Å². The van der Waals surface area contributed by atoms with Gasteiger partial charge in [-0.1, -0.05) is 17.7 Å². The van der Waals surface area contributed by atoms with Crippen molar-refractivity contribution in [1.29, 1.82) is 0 Å². The first-order valence-electron chi connectivity index (χ1n) is 11.8. The lowest BCUT2D eigenvalue weighted by molar-refractivity contribution is -0.192. The zero-order chi connectivity index (χ0) is 30.4. The fraction of sp³-hybridized carbons (Fsp3) is 0.360. The summed E-state index contributed by atoms with van der Waals surface area (Å²) in [7, 11) is -2.10. The number of pyridine rings is 1. The van der Waals surface area contributed by atoms with E-state index in [1.54, 1.807) is 24.1 Å². The standard InChI is InChI=1S/C23H29N5O4S.C2HF3O2/c1-6-28-17(4)20(16(3)25-28)11-12-27(5)22-21(23(29)30)13-18(14-24-22)26-33(31,32)19-9-7-15(2)8-10-19;3-2(4,5)1(6)7/h7-10,13-14,26H,6,11-12H2,1-5H3,(H,29,30);(H,6,7). The molecule has 1 aromatic carbocycles. The van der Waals surface area contributed by atoms with Crippen LogP contribution in [0.5, 0.6) is 0 Å². The summed E-state index contributed by atoms with van der Waals surface area (Å²) >= 11 is 0. The zero-order valence-corrected chi connectivity index (χ0v) is 23.3. The highest BCUT2D eigenvalue weighted by atomic mass is 32.2. The largest absolute Gasteiger partial charge is 0.490 e. The van der Waals surface area contributed by atoms with E-state index in [0.29, 0.717) is 13.0 Å². The molecule has 0 spiro atoms. The molecule has 3 N–H and O–H groups in total. The molecule has 2 aromatic heterocycles. The Bertz CT molecular complexity index is 1470. The molecule has 0 aliphatic carbocycles. The minimum atomic E-state index is -5.08. The number of anilines is 2. The van der Waals surface area contributed by atoms with Gasteiger partial charge in [0.25, 0.3) is 10.0 Å². The first-order valence-corrected chi connectivity index (χ1v) is 13.3. The van der Waals surface area contributed by atoms with Crippen LogP contribution >= 0.6 is 0 Å². The van der Waals surface area contributed by atoms with Gasteiger partial charge in [0.05, 0.1) is 22.5 Å². The van der Waals surface area contributed by atoms with Crippen LogP contribution in [0, 0.1) is 20.8 Å². The second kappa shape index (κ2) is 12.8. The normalized spacial score (nSPS) is 11.4. The van der Waals surface area contributed by atoms with Gasteiger partial charge >= 0.3 is 18.1 Å². The van der Waals surface area contributed by atoms with Gasteiger partial charge in [0.2, 0.25) is 0 Å². The summed E-state index contributed by atoms with van der Waals surface area (Å²) in [5, 5.41) is 21.4. The highest BCUT2D eigenvalue weighted by Gasteiger charge is 2.38. The van der Waals surface area contributed by atoms with E-state index in [1.807, 2.05) is 32.4 Å². The third-order valence-corrected chi connectivity index (χ3v) is 7.21. The van der Waals surface area contributed by atoms with Gasteiger partial charge in [-0.2, -0.15) is 18.3 Å². The first-order chi connectivity index (χ1) is 18.5. The smallest absolute Gasteiger partial charge is 0.478 e. The maximum absolute atomic E-state index is 12.7.